The molecule has 0 N–H and O–H groups in total. The van der Waals surface area contributed by atoms with Crippen LogP contribution in [0.15, 0.2) is 30.9 Å². The number of pyridine rings is 1. The van der Waals surface area contributed by atoms with E-state index in [4.69, 9.17) is 9.47 Å². The van der Waals surface area contributed by atoms with Crippen LogP contribution in [0.4, 0.5) is 17.6 Å². The van der Waals surface area contributed by atoms with Gasteiger partial charge in [-0.3, -0.25) is 9.59 Å². The van der Waals surface area contributed by atoms with Gasteiger partial charge >= 0.3 is 12.1 Å². The van der Waals surface area contributed by atoms with Crippen LogP contribution in [0.1, 0.15) is 91.9 Å². The van der Waals surface area contributed by atoms with Crippen LogP contribution in [0.3, 0.4) is 0 Å². The maximum atomic E-state index is 14.4. The zero-order valence-corrected chi connectivity index (χ0v) is 25.7. The Hall–Kier alpha value is -2.45. The lowest BCUT2D eigenvalue weighted by atomic mass is 9.44. The SMILES string of the molecule is C=CC(CC[C@@H](C)[C@H]1CCC2C3CCC4C[C@H](OC(C)=O)CC[C@]4(C)C3C(=O)C[C@@]21C)(Oc1cccc(F)n1)C(F)(F)F. The summed E-state index contributed by atoms with van der Waals surface area (Å²) in [6.45, 7) is 11.4. The monoisotopic (exact) mass is 607 g/mol. The lowest BCUT2D eigenvalue weighted by molar-refractivity contribution is -0.233. The van der Waals surface area contributed by atoms with Crippen molar-refractivity contribution in [1.29, 1.82) is 0 Å². The van der Waals surface area contributed by atoms with Crippen LogP contribution in [0.25, 0.3) is 0 Å². The van der Waals surface area contributed by atoms with Crippen molar-refractivity contribution < 1.29 is 36.6 Å². The summed E-state index contributed by atoms with van der Waals surface area (Å²) in [6.07, 6.45) is 2.50. The van der Waals surface area contributed by atoms with Crippen LogP contribution in [-0.4, -0.2) is 34.6 Å². The number of aromatic nitrogens is 1. The van der Waals surface area contributed by atoms with Crippen molar-refractivity contribution in [3.8, 4) is 5.88 Å². The second-order valence-electron chi connectivity index (χ2n) is 14.4. The number of hydrogen-bond donors (Lipinski definition) is 0. The Morgan fingerprint density at radius 3 is 2.56 bits per heavy atom. The molecular weight excluding hydrogens is 562 g/mol. The molecular formula is C34H45F4NO4. The number of ether oxygens (including phenoxy) is 2. The zero-order chi connectivity index (χ0) is 31.4. The van der Waals surface area contributed by atoms with Crippen molar-refractivity contribution >= 4 is 11.8 Å². The molecule has 5 unspecified atom stereocenters. The number of carbonyl (C=O) groups excluding carboxylic acids is 2. The largest absolute Gasteiger partial charge is 0.463 e. The Labute approximate surface area is 252 Å². The summed E-state index contributed by atoms with van der Waals surface area (Å²) in [7, 11) is 0. The van der Waals surface area contributed by atoms with Gasteiger partial charge in [0.15, 0.2) is 0 Å². The second kappa shape index (κ2) is 11.5. The van der Waals surface area contributed by atoms with E-state index >= 15 is 0 Å². The van der Waals surface area contributed by atoms with E-state index < -0.39 is 23.6 Å². The molecule has 5 nitrogen and oxygen atoms in total. The molecule has 1 heterocycles. The molecule has 0 radical (unpaired) electrons. The fourth-order valence-corrected chi connectivity index (χ4v) is 10.1. The standard InChI is InChI=1S/C34H45F4NO4/c1-6-33(34(36,37)38,43-29-9-7-8-28(35)39-29)17-14-20(2)25-12-13-26-24-11-10-22-18-23(42-21(3)40)15-16-31(22,4)30(24)27(41)19-32(25,26)5/h6-9,20,22-26,30H,1,10-19H2,2-5H3/t20-,22?,23-,24?,25-,26?,30?,31+,32-,33?/m1/s1. The molecule has 1 aromatic rings. The molecule has 1 aromatic heterocycles. The Kier molecular flexibility index (Phi) is 8.53. The number of carbonyl (C=O) groups is 2. The Bertz CT molecular complexity index is 1240. The van der Waals surface area contributed by atoms with Crippen LogP contribution in [0, 0.1) is 52.3 Å². The van der Waals surface area contributed by atoms with E-state index in [2.05, 4.69) is 25.4 Å². The molecule has 10 atom stereocenters. The second-order valence-corrected chi connectivity index (χ2v) is 14.4. The fraction of sp³-hybridized carbons (Fsp3) is 0.735. The molecule has 4 fully saturated rings. The molecule has 4 saturated carbocycles. The highest BCUT2D eigenvalue weighted by molar-refractivity contribution is 5.84. The highest BCUT2D eigenvalue weighted by Crippen LogP contribution is 2.67. The molecule has 4 aliphatic rings. The van der Waals surface area contributed by atoms with Gasteiger partial charge in [0.05, 0.1) is 0 Å². The number of alkyl halides is 3. The average Bonchev–Trinajstić information content (AvgIpc) is 3.26. The fourth-order valence-electron chi connectivity index (χ4n) is 10.1. The molecule has 0 spiro atoms. The van der Waals surface area contributed by atoms with Gasteiger partial charge in [-0.1, -0.05) is 33.4 Å². The third kappa shape index (κ3) is 5.63. The van der Waals surface area contributed by atoms with Gasteiger partial charge in [0.25, 0.3) is 0 Å². The van der Waals surface area contributed by atoms with E-state index in [0.29, 0.717) is 24.0 Å². The quantitative estimate of drug-likeness (QED) is 0.129. The zero-order valence-electron chi connectivity index (χ0n) is 25.7. The van der Waals surface area contributed by atoms with Gasteiger partial charge in [-0.05, 0) is 104 Å². The minimum atomic E-state index is -4.78. The van der Waals surface area contributed by atoms with Gasteiger partial charge in [0.1, 0.15) is 11.9 Å². The van der Waals surface area contributed by atoms with Crippen molar-refractivity contribution in [2.24, 2.45) is 46.3 Å². The average molecular weight is 608 g/mol. The number of ketones is 1. The third-order valence-electron chi connectivity index (χ3n) is 12.2. The van der Waals surface area contributed by atoms with Gasteiger partial charge < -0.3 is 9.47 Å². The van der Waals surface area contributed by atoms with Crippen molar-refractivity contribution in [3.63, 3.8) is 0 Å². The van der Waals surface area contributed by atoms with Gasteiger partial charge in [-0.25, -0.2) is 0 Å². The maximum Gasteiger partial charge on any atom is 0.432 e. The Morgan fingerprint density at radius 2 is 1.91 bits per heavy atom. The van der Waals surface area contributed by atoms with Gasteiger partial charge in [0.2, 0.25) is 17.4 Å². The number of nitrogens with zero attached hydrogens (tertiary/aromatic N) is 1. The molecule has 4 aliphatic carbocycles. The van der Waals surface area contributed by atoms with Crippen LogP contribution in [0.5, 0.6) is 5.88 Å². The predicted octanol–water partition coefficient (Wildman–Crippen LogP) is 8.27. The van der Waals surface area contributed by atoms with E-state index in [0.717, 1.165) is 57.1 Å². The summed E-state index contributed by atoms with van der Waals surface area (Å²) < 4.78 is 67.9. The van der Waals surface area contributed by atoms with E-state index in [1.165, 1.54) is 19.1 Å². The summed E-state index contributed by atoms with van der Waals surface area (Å²) in [5.41, 5.74) is -3.08. The molecule has 9 heteroatoms. The predicted molar refractivity (Wildman–Crippen MR) is 153 cm³/mol. The van der Waals surface area contributed by atoms with Gasteiger partial charge in [-0.2, -0.15) is 22.5 Å². The normalized spacial score (nSPS) is 37.7. The van der Waals surface area contributed by atoms with Crippen molar-refractivity contribution in [2.75, 3.05) is 0 Å². The van der Waals surface area contributed by atoms with Crippen molar-refractivity contribution in [2.45, 2.75) is 110 Å². The molecule has 0 amide bonds. The third-order valence-corrected chi connectivity index (χ3v) is 12.2. The number of Topliss-reactive ketones (excluding diaryl/α,β-unsaturated/α-hetero) is 1. The number of hydrogen-bond acceptors (Lipinski definition) is 5. The van der Waals surface area contributed by atoms with E-state index in [1.807, 2.05) is 6.92 Å². The molecule has 43 heavy (non-hydrogen) atoms. The van der Waals surface area contributed by atoms with E-state index in [1.54, 1.807) is 0 Å². The van der Waals surface area contributed by atoms with Gasteiger partial charge in [0, 0.05) is 31.7 Å². The first-order chi connectivity index (χ1) is 20.1. The Morgan fingerprint density at radius 1 is 1.16 bits per heavy atom. The summed E-state index contributed by atoms with van der Waals surface area (Å²) in [5.74, 6) is -0.323. The smallest absolute Gasteiger partial charge is 0.432 e. The Balaban J connectivity index is 1.31. The highest BCUT2D eigenvalue weighted by Gasteiger charge is 2.64. The molecule has 238 valence electrons. The highest BCUT2D eigenvalue weighted by atomic mass is 19.4. The lowest BCUT2D eigenvalue weighted by Crippen LogP contribution is -2.58. The van der Waals surface area contributed by atoms with Crippen LogP contribution in [-0.2, 0) is 14.3 Å². The number of halogens is 4. The molecule has 0 saturated heterocycles. The summed E-state index contributed by atoms with van der Waals surface area (Å²) in [5, 5.41) is 0. The molecule has 0 bridgehead atoms. The number of esters is 1. The van der Waals surface area contributed by atoms with Crippen molar-refractivity contribution in [1.82, 2.24) is 4.98 Å². The van der Waals surface area contributed by atoms with Crippen LogP contribution >= 0.6 is 0 Å². The lowest BCUT2D eigenvalue weighted by Gasteiger charge is -2.60. The number of rotatable bonds is 8. The first-order valence-corrected chi connectivity index (χ1v) is 15.9. The minimum absolute atomic E-state index is 0.0116. The van der Waals surface area contributed by atoms with E-state index in [9.17, 15) is 27.2 Å². The molecule has 0 aliphatic heterocycles. The first kappa shape index (κ1) is 32.0. The van der Waals surface area contributed by atoms with Crippen LogP contribution in [0.2, 0.25) is 0 Å². The van der Waals surface area contributed by atoms with Crippen molar-refractivity contribution in [3.05, 3.63) is 36.8 Å². The molecule has 5 rings (SSSR count). The number of fused-ring (bicyclic) bond motifs is 5. The van der Waals surface area contributed by atoms with E-state index in [-0.39, 0.29) is 59.4 Å². The topological polar surface area (TPSA) is 65.5 Å². The summed E-state index contributed by atoms with van der Waals surface area (Å²) >= 11 is 0. The summed E-state index contributed by atoms with van der Waals surface area (Å²) in [4.78, 5) is 29.2. The van der Waals surface area contributed by atoms with Gasteiger partial charge in [-0.15, -0.1) is 0 Å². The summed E-state index contributed by atoms with van der Waals surface area (Å²) in [6, 6.07) is 3.52. The first-order valence-electron chi connectivity index (χ1n) is 15.9. The minimum Gasteiger partial charge on any atom is -0.463 e. The maximum absolute atomic E-state index is 14.4. The molecule has 0 aromatic carbocycles. The van der Waals surface area contributed by atoms with Crippen LogP contribution < -0.4 is 4.74 Å².